The highest BCUT2D eigenvalue weighted by atomic mass is 19.1. The van der Waals surface area contributed by atoms with Crippen LogP contribution in [-0.4, -0.2) is 15.7 Å². The number of aromatic nitrogens is 2. The summed E-state index contributed by atoms with van der Waals surface area (Å²) in [5.41, 5.74) is -0.287. The van der Waals surface area contributed by atoms with E-state index in [2.05, 4.69) is 10.4 Å². The Labute approximate surface area is 135 Å². The molecule has 0 aliphatic heterocycles. The zero-order chi connectivity index (χ0) is 17.1. The van der Waals surface area contributed by atoms with E-state index in [9.17, 15) is 18.8 Å². The van der Waals surface area contributed by atoms with Gasteiger partial charge in [-0.2, -0.15) is 0 Å². The number of carbonyl (C=O) groups is 1. The van der Waals surface area contributed by atoms with Crippen LogP contribution in [0.3, 0.4) is 0 Å². The summed E-state index contributed by atoms with van der Waals surface area (Å²) in [4.78, 5) is 36.2. The minimum absolute atomic E-state index is 0.00837. The van der Waals surface area contributed by atoms with Gasteiger partial charge in [-0.25, -0.2) is 9.07 Å². The number of anilines is 1. The zero-order valence-electron chi connectivity index (χ0n) is 12.6. The van der Waals surface area contributed by atoms with Crippen LogP contribution < -0.4 is 16.4 Å². The number of aryl methyl sites for hydroxylation is 1. The Morgan fingerprint density at radius 1 is 1.04 bits per heavy atom. The normalized spacial score (nSPS) is 10.7. The van der Waals surface area contributed by atoms with Crippen molar-refractivity contribution in [3.63, 3.8) is 0 Å². The minimum atomic E-state index is -0.395. The number of H-pyrrole nitrogens is 1. The number of fused-ring (bicyclic) bond motifs is 1. The van der Waals surface area contributed by atoms with Crippen LogP contribution in [0, 0.1) is 5.82 Å². The number of nitrogens with zero attached hydrogens (tertiary/aromatic N) is 1. The molecule has 2 N–H and O–H groups in total. The summed E-state index contributed by atoms with van der Waals surface area (Å²) < 4.78 is 13.9. The highest BCUT2D eigenvalue weighted by Crippen LogP contribution is 2.08. The van der Waals surface area contributed by atoms with Crippen LogP contribution in [0.25, 0.3) is 10.8 Å². The Kier molecular flexibility index (Phi) is 4.24. The van der Waals surface area contributed by atoms with E-state index < -0.39 is 5.82 Å². The Morgan fingerprint density at radius 2 is 1.71 bits per heavy atom. The number of hydrogen-bond acceptors (Lipinski definition) is 3. The number of hydrogen-bond donors (Lipinski definition) is 2. The maximum absolute atomic E-state index is 12.8. The average molecular weight is 327 g/mol. The molecule has 2 aromatic carbocycles. The molecule has 0 bridgehead atoms. The molecule has 1 aromatic heterocycles. The Morgan fingerprint density at radius 3 is 2.42 bits per heavy atom. The van der Waals surface area contributed by atoms with Crippen LogP contribution in [0.2, 0.25) is 0 Å². The van der Waals surface area contributed by atoms with Crippen LogP contribution in [-0.2, 0) is 11.3 Å². The molecule has 6 nitrogen and oxygen atoms in total. The molecule has 122 valence electrons. The summed E-state index contributed by atoms with van der Waals surface area (Å²) in [5.74, 6) is -0.740. The largest absolute Gasteiger partial charge is 0.326 e. The zero-order valence-corrected chi connectivity index (χ0v) is 12.6. The van der Waals surface area contributed by atoms with Gasteiger partial charge in [-0.05, 0) is 36.4 Å². The number of aromatic amines is 1. The predicted molar refractivity (Wildman–Crippen MR) is 88.5 cm³/mol. The topological polar surface area (TPSA) is 84.0 Å². The van der Waals surface area contributed by atoms with Gasteiger partial charge in [0.25, 0.3) is 11.1 Å². The first-order chi connectivity index (χ1) is 11.5. The second kappa shape index (κ2) is 6.49. The Hall–Kier alpha value is -3.22. The molecule has 0 spiro atoms. The van der Waals surface area contributed by atoms with E-state index in [-0.39, 0.29) is 30.0 Å². The van der Waals surface area contributed by atoms with Crippen LogP contribution in [0.4, 0.5) is 10.1 Å². The van der Waals surface area contributed by atoms with Gasteiger partial charge in [0, 0.05) is 12.1 Å². The number of carbonyl (C=O) groups excluding carboxylic acids is 1. The molecule has 0 unspecified atom stereocenters. The van der Waals surface area contributed by atoms with Gasteiger partial charge >= 0.3 is 0 Å². The molecule has 1 amide bonds. The number of rotatable bonds is 4. The maximum atomic E-state index is 12.8. The van der Waals surface area contributed by atoms with Gasteiger partial charge in [0.05, 0.1) is 17.3 Å². The van der Waals surface area contributed by atoms with E-state index in [0.29, 0.717) is 16.5 Å². The molecular weight excluding hydrogens is 313 g/mol. The van der Waals surface area contributed by atoms with Crippen molar-refractivity contribution in [3.05, 3.63) is 75.1 Å². The van der Waals surface area contributed by atoms with Crippen molar-refractivity contribution in [3.8, 4) is 0 Å². The summed E-state index contributed by atoms with van der Waals surface area (Å²) in [7, 11) is 0. The van der Waals surface area contributed by atoms with Crippen molar-refractivity contribution in [2.45, 2.75) is 13.0 Å². The highest BCUT2D eigenvalue weighted by Gasteiger charge is 2.08. The third kappa shape index (κ3) is 3.24. The number of amides is 1. The molecule has 0 aliphatic carbocycles. The molecule has 0 aliphatic rings. The van der Waals surface area contributed by atoms with E-state index in [0.717, 1.165) is 4.68 Å². The fourth-order valence-electron chi connectivity index (χ4n) is 2.37. The lowest BCUT2D eigenvalue weighted by atomic mass is 10.2. The van der Waals surface area contributed by atoms with Gasteiger partial charge in [-0.1, -0.05) is 12.1 Å². The van der Waals surface area contributed by atoms with Gasteiger partial charge in [0.1, 0.15) is 5.82 Å². The fraction of sp³-hybridized carbons (Fsp3) is 0.118. The third-order valence-electron chi connectivity index (χ3n) is 3.57. The van der Waals surface area contributed by atoms with Crippen molar-refractivity contribution in [2.75, 3.05) is 5.32 Å². The van der Waals surface area contributed by atoms with Gasteiger partial charge < -0.3 is 5.32 Å². The summed E-state index contributed by atoms with van der Waals surface area (Å²) >= 11 is 0. The molecule has 0 saturated carbocycles. The highest BCUT2D eigenvalue weighted by molar-refractivity contribution is 5.90. The molecule has 0 fully saturated rings. The quantitative estimate of drug-likeness (QED) is 0.767. The van der Waals surface area contributed by atoms with Gasteiger partial charge in [0.2, 0.25) is 5.91 Å². The number of benzene rings is 2. The SMILES string of the molecule is O=C(CCn1[nH]c(=O)c2ccccc2c1=O)Nc1ccc(F)cc1. The first kappa shape index (κ1) is 15.7. The van der Waals surface area contributed by atoms with E-state index in [4.69, 9.17) is 0 Å². The van der Waals surface area contributed by atoms with Crippen molar-refractivity contribution >= 4 is 22.4 Å². The first-order valence-corrected chi connectivity index (χ1v) is 7.32. The summed E-state index contributed by atoms with van der Waals surface area (Å²) in [5, 5.41) is 5.68. The van der Waals surface area contributed by atoms with Crippen LogP contribution in [0.5, 0.6) is 0 Å². The first-order valence-electron chi connectivity index (χ1n) is 7.32. The third-order valence-corrected chi connectivity index (χ3v) is 3.57. The van der Waals surface area contributed by atoms with E-state index >= 15 is 0 Å². The predicted octanol–water partition coefficient (Wildman–Crippen LogP) is 1.86. The molecule has 1 heterocycles. The Balaban J connectivity index is 1.75. The molecule has 3 rings (SSSR count). The fourth-order valence-corrected chi connectivity index (χ4v) is 2.37. The lowest BCUT2D eigenvalue weighted by Crippen LogP contribution is -2.31. The van der Waals surface area contributed by atoms with Crippen LogP contribution >= 0.6 is 0 Å². The standard InChI is InChI=1S/C17H14FN3O3/c18-11-5-7-12(8-6-11)19-15(22)9-10-21-17(24)14-4-2-1-3-13(14)16(23)20-21/h1-8H,9-10H2,(H,19,22)(H,20,23). The van der Waals surface area contributed by atoms with E-state index in [1.165, 1.54) is 24.3 Å². The molecule has 0 radical (unpaired) electrons. The Bertz CT molecular complexity index is 1010. The van der Waals surface area contributed by atoms with Gasteiger partial charge in [-0.15, -0.1) is 0 Å². The molecule has 0 saturated heterocycles. The van der Waals surface area contributed by atoms with Crippen molar-refractivity contribution in [2.24, 2.45) is 0 Å². The average Bonchev–Trinajstić information content (AvgIpc) is 2.59. The monoisotopic (exact) mass is 327 g/mol. The van der Waals surface area contributed by atoms with Crippen LogP contribution in [0.15, 0.2) is 58.1 Å². The van der Waals surface area contributed by atoms with E-state index in [1.54, 1.807) is 24.3 Å². The summed E-state index contributed by atoms with van der Waals surface area (Å²) in [6, 6.07) is 11.9. The van der Waals surface area contributed by atoms with Crippen molar-refractivity contribution in [1.82, 2.24) is 9.78 Å². The molecule has 7 heteroatoms. The molecular formula is C17H14FN3O3. The molecule has 0 atom stereocenters. The lowest BCUT2D eigenvalue weighted by molar-refractivity contribution is -0.116. The second-order valence-electron chi connectivity index (χ2n) is 5.25. The minimum Gasteiger partial charge on any atom is -0.326 e. The maximum Gasteiger partial charge on any atom is 0.273 e. The van der Waals surface area contributed by atoms with Gasteiger partial charge in [-0.3, -0.25) is 19.5 Å². The second-order valence-corrected chi connectivity index (χ2v) is 5.25. The van der Waals surface area contributed by atoms with Gasteiger partial charge in [0.15, 0.2) is 0 Å². The summed E-state index contributed by atoms with van der Waals surface area (Å²) in [6.07, 6.45) is -0.00837. The van der Waals surface area contributed by atoms with Crippen molar-refractivity contribution < 1.29 is 9.18 Å². The molecule has 3 aromatic rings. The lowest BCUT2D eigenvalue weighted by Gasteiger charge is -2.08. The number of nitrogens with one attached hydrogen (secondary N) is 2. The summed E-state index contributed by atoms with van der Waals surface area (Å²) in [6.45, 7) is 0.0337. The smallest absolute Gasteiger partial charge is 0.273 e. The van der Waals surface area contributed by atoms with Crippen molar-refractivity contribution in [1.29, 1.82) is 0 Å². The number of halogens is 1. The molecule has 24 heavy (non-hydrogen) atoms. The van der Waals surface area contributed by atoms with E-state index in [1.807, 2.05) is 0 Å². The van der Waals surface area contributed by atoms with Crippen LogP contribution in [0.1, 0.15) is 6.42 Å².